The first-order valence-corrected chi connectivity index (χ1v) is 6.33. The summed E-state index contributed by atoms with van der Waals surface area (Å²) < 4.78 is 32.8. The first-order valence-electron chi connectivity index (χ1n) is 5.95. The maximum absolute atomic E-state index is 13.3. The van der Waals surface area contributed by atoms with E-state index in [9.17, 15) is 8.78 Å². The van der Waals surface area contributed by atoms with Crippen LogP contribution < -0.4 is 5.73 Å². The van der Waals surface area contributed by atoms with Gasteiger partial charge in [-0.3, -0.25) is 4.68 Å². The summed E-state index contributed by atoms with van der Waals surface area (Å²) in [5.41, 5.74) is 7.04. The molecular formula is C13H14ClF2N3O. The van der Waals surface area contributed by atoms with Crippen LogP contribution in [0.25, 0.3) is 0 Å². The van der Waals surface area contributed by atoms with Gasteiger partial charge in [0, 0.05) is 7.11 Å². The molecule has 0 aliphatic carbocycles. The number of halogens is 3. The van der Waals surface area contributed by atoms with Gasteiger partial charge in [0.2, 0.25) is 0 Å². The molecule has 1 aromatic heterocycles. The van der Waals surface area contributed by atoms with Crippen molar-refractivity contribution in [2.24, 2.45) is 5.73 Å². The van der Waals surface area contributed by atoms with Crippen LogP contribution in [0.5, 0.6) is 0 Å². The van der Waals surface area contributed by atoms with E-state index in [1.807, 2.05) is 0 Å². The third kappa shape index (κ3) is 2.98. The van der Waals surface area contributed by atoms with Crippen molar-refractivity contribution in [1.29, 1.82) is 0 Å². The molecule has 0 saturated heterocycles. The average Bonchev–Trinajstić information content (AvgIpc) is 2.80. The minimum absolute atomic E-state index is 0.373. The highest BCUT2D eigenvalue weighted by atomic mass is 35.5. The summed E-state index contributed by atoms with van der Waals surface area (Å²) in [5, 5.41) is 4.47. The highest BCUT2D eigenvalue weighted by Gasteiger charge is 2.19. The molecule has 0 aliphatic heterocycles. The number of methoxy groups -OCH3 is 1. The minimum Gasteiger partial charge on any atom is -0.383 e. The molecule has 4 nitrogen and oxygen atoms in total. The van der Waals surface area contributed by atoms with Gasteiger partial charge in [-0.05, 0) is 17.7 Å². The molecule has 0 fully saturated rings. The van der Waals surface area contributed by atoms with E-state index in [1.54, 1.807) is 11.8 Å². The summed E-state index contributed by atoms with van der Waals surface area (Å²) >= 11 is 6.07. The number of benzene rings is 1. The fourth-order valence-electron chi connectivity index (χ4n) is 1.90. The first-order chi connectivity index (χ1) is 9.54. The molecular weight excluding hydrogens is 288 g/mol. The van der Waals surface area contributed by atoms with E-state index in [1.165, 1.54) is 12.3 Å². The topological polar surface area (TPSA) is 53.1 Å². The summed E-state index contributed by atoms with van der Waals surface area (Å²) in [4.78, 5) is 0. The number of nitrogens with two attached hydrogens (primary N) is 1. The van der Waals surface area contributed by atoms with Crippen molar-refractivity contribution in [2.45, 2.75) is 12.6 Å². The second-order valence-electron chi connectivity index (χ2n) is 4.24. The quantitative estimate of drug-likeness (QED) is 0.923. The predicted molar refractivity (Wildman–Crippen MR) is 71.5 cm³/mol. The van der Waals surface area contributed by atoms with Crippen LogP contribution in [0.15, 0.2) is 24.4 Å². The molecule has 2 rings (SSSR count). The highest BCUT2D eigenvalue weighted by Crippen LogP contribution is 2.27. The second kappa shape index (κ2) is 6.30. The van der Waals surface area contributed by atoms with Gasteiger partial charge in [-0.25, -0.2) is 8.78 Å². The molecule has 0 spiro atoms. The van der Waals surface area contributed by atoms with Gasteiger partial charge < -0.3 is 10.5 Å². The molecule has 1 heterocycles. The second-order valence-corrected chi connectivity index (χ2v) is 4.65. The summed E-state index contributed by atoms with van der Waals surface area (Å²) in [6.07, 6.45) is 1.46. The zero-order chi connectivity index (χ0) is 14.7. The molecule has 2 aromatic rings. The number of hydrogen-bond acceptors (Lipinski definition) is 3. The van der Waals surface area contributed by atoms with Crippen molar-refractivity contribution in [3.63, 3.8) is 0 Å². The molecule has 7 heteroatoms. The number of rotatable bonds is 5. The number of aromatic nitrogens is 2. The Hall–Kier alpha value is -1.50. The lowest BCUT2D eigenvalue weighted by Gasteiger charge is -2.15. The molecule has 108 valence electrons. The summed E-state index contributed by atoms with van der Waals surface area (Å²) in [7, 11) is 1.57. The van der Waals surface area contributed by atoms with Crippen molar-refractivity contribution < 1.29 is 13.5 Å². The average molecular weight is 302 g/mol. The monoisotopic (exact) mass is 301 g/mol. The zero-order valence-corrected chi connectivity index (χ0v) is 11.6. The van der Waals surface area contributed by atoms with E-state index >= 15 is 0 Å². The third-order valence-electron chi connectivity index (χ3n) is 2.94. The van der Waals surface area contributed by atoms with Gasteiger partial charge in [-0.15, -0.1) is 0 Å². The van der Waals surface area contributed by atoms with Gasteiger partial charge >= 0.3 is 0 Å². The largest absolute Gasteiger partial charge is 0.383 e. The summed E-state index contributed by atoms with van der Waals surface area (Å²) in [5.74, 6) is -1.86. The van der Waals surface area contributed by atoms with Crippen LogP contribution in [-0.2, 0) is 11.3 Å². The Labute approximate surface area is 120 Å². The smallest absolute Gasteiger partial charge is 0.159 e. The minimum atomic E-state index is -0.947. The predicted octanol–water partition coefficient (Wildman–Crippen LogP) is 2.51. The fraction of sp³-hybridized carbons (Fsp3) is 0.308. The van der Waals surface area contributed by atoms with Crippen LogP contribution in [-0.4, -0.2) is 23.5 Å². The first kappa shape index (κ1) is 14.9. The molecule has 2 N–H and O–H groups in total. The Morgan fingerprint density at radius 2 is 2.15 bits per heavy atom. The lowest BCUT2D eigenvalue weighted by atomic mass is 10.0. The molecule has 0 saturated carbocycles. The molecule has 1 atom stereocenters. The Kier molecular flexibility index (Phi) is 4.69. The molecule has 0 amide bonds. The van der Waals surface area contributed by atoms with Crippen molar-refractivity contribution in [2.75, 3.05) is 13.7 Å². The van der Waals surface area contributed by atoms with Gasteiger partial charge in [-0.2, -0.15) is 5.10 Å². The van der Waals surface area contributed by atoms with E-state index < -0.39 is 17.7 Å². The summed E-state index contributed by atoms with van der Waals surface area (Å²) in [6.45, 7) is 0.908. The number of hydrogen-bond donors (Lipinski definition) is 1. The van der Waals surface area contributed by atoms with Crippen molar-refractivity contribution in [3.8, 4) is 0 Å². The lowest BCUT2D eigenvalue weighted by Crippen LogP contribution is -2.19. The Bertz CT molecular complexity index is 603. The molecule has 0 bridgehead atoms. The normalized spacial score (nSPS) is 12.7. The van der Waals surface area contributed by atoms with Crippen molar-refractivity contribution >= 4 is 11.6 Å². The van der Waals surface area contributed by atoms with Gasteiger partial charge in [-0.1, -0.05) is 17.7 Å². The zero-order valence-electron chi connectivity index (χ0n) is 10.8. The SMILES string of the molecule is COCCn1ncc(Cl)c1C(N)c1ccc(F)c(F)c1. The van der Waals surface area contributed by atoms with Crippen LogP contribution in [0.1, 0.15) is 17.3 Å². The van der Waals surface area contributed by atoms with Gasteiger partial charge in [0.15, 0.2) is 11.6 Å². The number of ether oxygens (including phenoxy) is 1. The van der Waals surface area contributed by atoms with Crippen LogP contribution in [0.4, 0.5) is 8.78 Å². The van der Waals surface area contributed by atoms with E-state index in [-0.39, 0.29) is 0 Å². The maximum atomic E-state index is 13.3. The molecule has 20 heavy (non-hydrogen) atoms. The maximum Gasteiger partial charge on any atom is 0.159 e. The number of nitrogens with zero attached hydrogens (tertiary/aromatic N) is 2. The highest BCUT2D eigenvalue weighted by molar-refractivity contribution is 6.31. The van der Waals surface area contributed by atoms with Gasteiger partial charge in [0.25, 0.3) is 0 Å². The van der Waals surface area contributed by atoms with E-state index in [2.05, 4.69) is 5.10 Å². The molecule has 1 aromatic carbocycles. The molecule has 0 aliphatic rings. The van der Waals surface area contributed by atoms with Crippen molar-refractivity contribution in [3.05, 3.63) is 52.3 Å². The van der Waals surface area contributed by atoms with Gasteiger partial charge in [0.1, 0.15) is 0 Å². The van der Waals surface area contributed by atoms with Crippen LogP contribution in [0.2, 0.25) is 5.02 Å². The van der Waals surface area contributed by atoms with Crippen LogP contribution in [0, 0.1) is 11.6 Å². The van der Waals surface area contributed by atoms with Crippen molar-refractivity contribution in [1.82, 2.24) is 9.78 Å². The van der Waals surface area contributed by atoms with E-state index in [4.69, 9.17) is 22.1 Å². The lowest BCUT2D eigenvalue weighted by molar-refractivity contribution is 0.182. The van der Waals surface area contributed by atoms with Crippen LogP contribution in [0.3, 0.4) is 0 Å². The molecule has 0 radical (unpaired) electrons. The van der Waals surface area contributed by atoms with E-state index in [0.717, 1.165) is 12.1 Å². The Morgan fingerprint density at radius 1 is 1.40 bits per heavy atom. The Balaban J connectivity index is 2.34. The van der Waals surface area contributed by atoms with Crippen LogP contribution >= 0.6 is 11.6 Å². The third-order valence-corrected chi connectivity index (χ3v) is 3.23. The van der Waals surface area contributed by atoms with Gasteiger partial charge in [0.05, 0.1) is 36.1 Å². The molecule has 1 unspecified atom stereocenters. The standard InChI is InChI=1S/C13H14ClF2N3O/c1-20-5-4-19-13(9(14)7-18-19)12(17)8-2-3-10(15)11(16)6-8/h2-3,6-7,12H,4-5,17H2,1H3. The Morgan fingerprint density at radius 3 is 2.80 bits per heavy atom. The fourth-order valence-corrected chi connectivity index (χ4v) is 2.16. The summed E-state index contributed by atoms with van der Waals surface area (Å²) in [6, 6.07) is 2.82. The van der Waals surface area contributed by atoms with E-state index in [0.29, 0.717) is 29.4 Å².